The molecule has 1 N–H and O–H groups in total. The molecule has 2 heteroatoms. The zero-order valence-corrected chi connectivity index (χ0v) is 6.06. The predicted octanol–water partition coefficient (Wildman–Crippen LogP) is 1.72. The topological polar surface area (TPSA) is 20.2 Å². The Balaban J connectivity index is 3.46. The van der Waals surface area contributed by atoms with Crippen LogP contribution in [0.3, 0.4) is 0 Å². The minimum absolute atomic E-state index is 0.257. The minimum atomic E-state index is -0.475. The summed E-state index contributed by atoms with van der Waals surface area (Å²) in [5.74, 6) is 0.257. The summed E-state index contributed by atoms with van der Waals surface area (Å²) in [6.07, 6.45) is 1.67. The number of aliphatic hydroxyl groups excluding tert-OH is 1. The van der Waals surface area contributed by atoms with Crippen molar-refractivity contribution in [3.63, 3.8) is 0 Å². The Kier molecular flexibility index (Phi) is 4.46. The van der Waals surface area contributed by atoms with Gasteiger partial charge in [0.2, 0.25) is 0 Å². The Morgan fingerprint density at radius 2 is 2.33 bits per heavy atom. The second-order valence-corrected chi connectivity index (χ2v) is 2.18. The molecule has 0 heterocycles. The molecular formula is C7H11ClO. The largest absolute Gasteiger partial charge is 0.392 e. The first-order valence-corrected chi connectivity index (χ1v) is 3.28. The molecule has 0 aromatic heterocycles. The van der Waals surface area contributed by atoms with E-state index in [-0.39, 0.29) is 5.88 Å². The Hall–Kier alpha value is -0.270. The van der Waals surface area contributed by atoms with Gasteiger partial charge in [0.1, 0.15) is 0 Å². The fourth-order valence-corrected chi connectivity index (χ4v) is 0.550. The summed E-state index contributed by atoms with van der Waals surface area (Å²) >= 11 is 5.33. The average molecular weight is 147 g/mol. The molecule has 9 heavy (non-hydrogen) atoms. The third kappa shape index (κ3) is 4.25. The normalized spacial score (nSPS) is 12.7. The maximum atomic E-state index is 8.92. The van der Waals surface area contributed by atoms with Crippen LogP contribution >= 0.6 is 11.6 Å². The predicted molar refractivity (Wildman–Crippen MR) is 40.7 cm³/mol. The maximum absolute atomic E-state index is 8.92. The highest BCUT2D eigenvalue weighted by Gasteiger charge is 2.00. The number of halogens is 1. The molecule has 0 fully saturated rings. The SMILES string of the molecule is C=CC(=C)C[C@H](O)CCl. The van der Waals surface area contributed by atoms with Crippen molar-refractivity contribution in [2.75, 3.05) is 5.88 Å². The van der Waals surface area contributed by atoms with Crippen LogP contribution < -0.4 is 0 Å². The zero-order valence-electron chi connectivity index (χ0n) is 5.31. The molecule has 0 saturated carbocycles. The summed E-state index contributed by atoms with van der Waals surface area (Å²) in [5, 5.41) is 8.92. The van der Waals surface area contributed by atoms with Crippen LogP contribution in [0.25, 0.3) is 0 Å². The fourth-order valence-electron chi connectivity index (χ4n) is 0.441. The van der Waals surface area contributed by atoms with E-state index in [2.05, 4.69) is 13.2 Å². The molecule has 0 aromatic carbocycles. The third-order valence-corrected chi connectivity index (χ3v) is 1.32. The highest BCUT2D eigenvalue weighted by molar-refractivity contribution is 6.18. The molecule has 0 rings (SSSR count). The van der Waals surface area contributed by atoms with E-state index in [1.807, 2.05) is 0 Å². The summed E-state index contributed by atoms with van der Waals surface area (Å²) in [6, 6.07) is 0. The second kappa shape index (κ2) is 4.59. The van der Waals surface area contributed by atoms with Crippen molar-refractivity contribution in [2.24, 2.45) is 0 Å². The van der Waals surface area contributed by atoms with Gasteiger partial charge in [-0.3, -0.25) is 0 Å². The standard InChI is InChI=1S/C7H11ClO/c1-3-6(2)4-7(9)5-8/h3,7,9H,1-2,4-5H2/t7-/m0/s1. The first-order chi connectivity index (χ1) is 4.20. The Morgan fingerprint density at radius 3 is 2.67 bits per heavy atom. The fraction of sp³-hybridized carbons (Fsp3) is 0.429. The van der Waals surface area contributed by atoms with Crippen molar-refractivity contribution in [1.29, 1.82) is 0 Å². The van der Waals surface area contributed by atoms with E-state index in [1.54, 1.807) is 6.08 Å². The molecule has 0 spiro atoms. The quantitative estimate of drug-likeness (QED) is 0.473. The van der Waals surface area contributed by atoms with Gasteiger partial charge in [0, 0.05) is 5.88 Å². The lowest BCUT2D eigenvalue weighted by Crippen LogP contribution is -2.07. The van der Waals surface area contributed by atoms with E-state index < -0.39 is 6.10 Å². The molecular weight excluding hydrogens is 136 g/mol. The smallest absolute Gasteiger partial charge is 0.0715 e. The van der Waals surface area contributed by atoms with Gasteiger partial charge in [0.15, 0.2) is 0 Å². The lowest BCUT2D eigenvalue weighted by atomic mass is 10.1. The molecule has 0 bridgehead atoms. The van der Waals surface area contributed by atoms with Crippen LogP contribution in [0.2, 0.25) is 0 Å². The zero-order chi connectivity index (χ0) is 7.28. The van der Waals surface area contributed by atoms with E-state index in [0.717, 1.165) is 5.57 Å². The van der Waals surface area contributed by atoms with Crippen LogP contribution in [0.15, 0.2) is 24.8 Å². The summed E-state index contributed by atoms with van der Waals surface area (Å²) in [5.41, 5.74) is 0.822. The molecule has 0 aliphatic heterocycles. The molecule has 1 atom stereocenters. The minimum Gasteiger partial charge on any atom is -0.392 e. The monoisotopic (exact) mass is 146 g/mol. The Morgan fingerprint density at radius 1 is 1.78 bits per heavy atom. The van der Waals surface area contributed by atoms with Gasteiger partial charge in [-0.05, 0) is 6.42 Å². The first-order valence-electron chi connectivity index (χ1n) is 2.75. The van der Waals surface area contributed by atoms with Crippen LogP contribution in [0.1, 0.15) is 6.42 Å². The molecule has 1 nitrogen and oxygen atoms in total. The Bertz CT molecular complexity index is 109. The average Bonchev–Trinajstić information content (AvgIpc) is 1.87. The molecule has 0 aliphatic carbocycles. The van der Waals surface area contributed by atoms with E-state index in [9.17, 15) is 0 Å². The van der Waals surface area contributed by atoms with Crippen molar-refractivity contribution in [3.8, 4) is 0 Å². The number of hydrogen-bond acceptors (Lipinski definition) is 1. The maximum Gasteiger partial charge on any atom is 0.0715 e. The number of aliphatic hydroxyl groups is 1. The summed E-state index contributed by atoms with van der Waals surface area (Å²) < 4.78 is 0. The molecule has 0 aliphatic rings. The number of rotatable bonds is 4. The third-order valence-electron chi connectivity index (χ3n) is 0.965. The molecule has 0 aromatic rings. The van der Waals surface area contributed by atoms with E-state index in [4.69, 9.17) is 16.7 Å². The van der Waals surface area contributed by atoms with Gasteiger partial charge < -0.3 is 5.11 Å². The lowest BCUT2D eigenvalue weighted by molar-refractivity contribution is 0.199. The van der Waals surface area contributed by atoms with Gasteiger partial charge in [-0.2, -0.15) is 0 Å². The summed E-state index contributed by atoms with van der Waals surface area (Å²) in [6.45, 7) is 7.12. The van der Waals surface area contributed by atoms with Gasteiger partial charge >= 0.3 is 0 Å². The van der Waals surface area contributed by atoms with Crippen LogP contribution in [-0.2, 0) is 0 Å². The molecule has 0 radical (unpaired) electrons. The van der Waals surface area contributed by atoms with Crippen LogP contribution in [0, 0.1) is 0 Å². The summed E-state index contributed by atoms with van der Waals surface area (Å²) in [7, 11) is 0. The van der Waals surface area contributed by atoms with Crippen molar-refractivity contribution in [2.45, 2.75) is 12.5 Å². The Labute approximate surface area is 60.6 Å². The van der Waals surface area contributed by atoms with E-state index in [1.165, 1.54) is 0 Å². The van der Waals surface area contributed by atoms with Crippen molar-refractivity contribution in [3.05, 3.63) is 24.8 Å². The van der Waals surface area contributed by atoms with Crippen molar-refractivity contribution >= 4 is 11.6 Å². The van der Waals surface area contributed by atoms with Crippen molar-refractivity contribution in [1.82, 2.24) is 0 Å². The first kappa shape index (κ1) is 8.73. The number of alkyl halides is 1. The molecule has 52 valence electrons. The highest BCUT2D eigenvalue weighted by atomic mass is 35.5. The molecule has 0 unspecified atom stereocenters. The van der Waals surface area contributed by atoms with Crippen molar-refractivity contribution < 1.29 is 5.11 Å². The van der Waals surface area contributed by atoms with Crippen LogP contribution in [0.4, 0.5) is 0 Å². The number of allylic oxidation sites excluding steroid dienone is 1. The van der Waals surface area contributed by atoms with Gasteiger partial charge in [-0.1, -0.05) is 24.8 Å². The van der Waals surface area contributed by atoms with Crippen LogP contribution in [-0.4, -0.2) is 17.1 Å². The van der Waals surface area contributed by atoms with Crippen LogP contribution in [0.5, 0.6) is 0 Å². The lowest BCUT2D eigenvalue weighted by Gasteiger charge is -2.04. The van der Waals surface area contributed by atoms with Gasteiger partial charge in [-0.25, -0.2) is 0 Å². The molecule has 0 amide bonds. The summed E-state index contributed by atoms with van der Waals surface area (Å²) in [4.78, 5) is 0. The van der Waals surface area contributed by atoms with Gasteiger partial charge in [0.05, 0.1) is 6.10 Å². The molecule has 0 saturated heterocycles. The second-order valence-electron chi connectivity index (χ2n) is 1.87. The van der Waals surface area contributed by atoms with E-state index in [0.29, 0.717) is 6.42 Å². The highest BCUT2D eigenvalue weighted by Crippen LogP contribution is 2.04. The van der Waals surface area contributed by atoms with Gasteiger partial charge in [0.25, 0.3) is 0 Å². The van der Waals surface area contributed by atoms with E-state index >= 15 is 0 Å². The van der Waals surface area contributed by atoms with Gasteiger partial charge in [-0.15, -0.1) is 11.6 Å². The number of hydrogen-bond donors (Lipinski definition) is 1.